The van der Waals surface area contributed by atoms with E-state index in [1.165, 1.54) is 37.1 Å². The van der Waals surface area contributed by atoms with Crippen LogP contribution in [-0.2, 0) is 11.0 Å². The fraction of sp³-hybridized carbons (Fsp3) is 0.500. The molecular formula is C32H40ClF3N2O3S. The van der Waals surface area contributed by atoms with Crippen molar-refractivity contribution < 1.29 is 23.1 Å². The standard InChI is InChI=1S/C32H40ClF3N2O3S/c1-3-5-7-9-16-38(17-10-8-6-4-2)18-15-24(39)21-42-30-29(26-20-23(33)12-14-28(26)40)25-19-22(32(34,35)36)11-13-27(25)37-31(30)41/h11-14,19-20,40H,3-10,15-18,21H2,1-2H3,(H,37,41). The Morgan fingerprint density at radius 1 is 0.952 bits per heavy atom. The van der Waals surface area contributed by atoms with Crippen LogP contribution in [0.5, 0.6) is 5.75 Å². The molecule has 3 rings (SSSR count). The summed E-state index contributed by atoms with van der Waals surface area (Å²) in [5.41, 5.74) is -1.03. The Morgan fingerprint density at radius 2 is 1.62 bits per heavy atom. The lowest BCUT2D eigenvalue weighted by Crippen LogP contribution is -2.29. The van der Waals surface area contributed by atoms with E-state index in [0.717, 1.165) is 75.5 Å². The number of ketones is 1. The SMILES string of the molecule is CCCCCCN(CCCCCC)CCC(=O)CSc1c(-c2cc(Cl)ccc2O)c2cc(C(F)(F)F)ccc2[nH]c1=O. The van der Waals surface area contributed by atoms with Crippen molar-refractivity contribution >= 4 is 40.0 Å². The number of hydrogen-bond acceptors (Lipinski definition) is 5. The number of nitrogens with one attached hydrogen (secondary N) is 1. The summed E-state index contributed by atoms with van der Waals surface area (Å²) in [7, 11) is 0. The Kier molecular flexibility index (Phi) is 13.3. The number of carbonyl (C=O) groups excluding carboxylic acids is 1. The van der Waals surface area contributed by atoms with E-state index in [4.69, 9.17) is 11.6 Å². The largest absolute Gasteiger partial charge is 0.507 e. The van der Waals surface area contributed by atoms with Crippen molar-refractivity contribution in [2.75, 3.05) is 25.4 Å². The molecule has 0 aliphatic carbocycles. The van der Waals surface area contributed by atoms with Gasteiger partial charge < -0.3 is 15.0 Å². The number of phenols is 1. The summed E-state index contributed by atoms with van der Waals surface area (Å²) in [6, 6.07) is 7.22. The molecule has 0 aliphatic heterocycles. The van der Waals surface area contributed by atoms with Crippen LogP contribution in [0, 0.1) is 0 Å². The van der Waals surface area contributed by atoms with Gasteiger partial charge in [0.1, 0.15) is 11.5 Å². The smallest absolute Gasteiger partial charge is 0.416 e. The van der Waals surface area contributed by atoms with Gasteiger partial charge in [0.15, 0.2) is 0 Å². The number of Topliss-reactive ketones (excluding diaryl/α,β-unsaturated/α-hetero) is 1. The predicted octanol–water partition coefficient (Wildman–Crippen LogP) is 9.09. The maximum atomic E-state index is 13.6. The van der Waals surface area contributed by atoms with Gasteiger partial charge in [-0.25, -0.2) is 0 Å². The van der Waals surface area contributed by atoms with E-state index in [2.05, 4.69) is 23.7 Å². The van der Waals surface area contributed by atoms with Gasteiger partial charge in [-0.1, -0.05) is 64.0 Å². The molecule has 10 heteroatoms. The number of aromatic nitrogens is 1. The number of carbonyl (C=O) groups is 1. The fourth-order valence-electron chi connectivity index (χ4n) is 4.93. The second kappa shape index (κ2) is 16.4. The van der Waals surface area contributed by atoms with E-state index in [9.17, 15) is 27.9 Å². The van der Waals surface area contributed by atoms with Crippen LogP contribution in [0.4, 0.5) is 13.2 Å². The molecule has 2 N–H and O–H groups in total. The molecule has 1 aromatic heterocycles. The van der Waals surface area contributed by atoms with Crippen molar-refractivity contribution in [3.8, 4) is 16.9 Å². The van der Waals surface area contributed by atoms with E-state index in [1.807, 2.05) is 0 Å². The maximum absolute atomic E-state index is 13.6. The second-order valence-electron chi connectivity index (χ2n) is 10.6. The van der Waals surface area contributed by atoms with E-state index < -0.39 is 17.3 Å². The molecular weight excluding hydrogens is 585 g/mol. The molecule has 0 unspecified atom stereocenters. The maximum Gasteiger partial charge on any atom is 0.416 e. The number of nitrogens with zero attached hydrogens (tertiary/aromatic N) is 1. The molecule has 0 spiro atoms. The highest BCUT2D eigenvalue weighted by atomic mass is 35.5. The van der Waals surface area contributed by atoms with E-state index >= 15 is 0 Å². The number of H-pyrrole nitrogens is 1. The number of thioether (sulfide) groups is 1. The third kappa shape index (κ3) is 9.78. The third-order valence-electron chi connectivity index (χ3n) is 7.27. The van der Waals surface area contributed by atoms with Crippen LogP contribution in [0.15, 0.2) is 46.1 Å². The van der Waals surface area contributed by atoms with Crippen molar-refractivity contribution in [2.24, 2.45) is 0 Å². The zero-order chi connectivity index (χ0) is 30.7. The molecule has 5 nitrogen and oxygen atoms in total. The van der Waals surface area contributed by atoms with Gasteiger partial charge in [-0.05, 0) is 62.3 Å². The summed E-state index contributed by atoms with van der Waals surface area (Å²) in [5.74, 6) is -0.322. The van der Waals surface area contributed by atoms with Crippen LogP contribution in [0.25, 0.3) is 22.0 Å². The van der Waals surface area contributed by atoms with Gasteiger partial charge in [-0.3, -0.25) is 9.59 Å². The van der Waals surface area contributed by atoms with Gasteiger partial charge in [0.25, 0.3) is 5.56 Å². The van der Waals surface area contributed by atoms with Gasteiger partial charge in [-0.15, -0.1) is 11.8 Å². The van der Waals surface area contributed by atoms with Crippen molar-refractivity contribution in [3.05, 3.63) is 57.3 Å². The molecule has 2 aromatic carbocycles. The number of alkyl halides is 3. The lowest BCUT2D eigenvalue weighted by Gasteiger charge is -2.22. The van der Waals surface area contributed by atoms with Crippen molar-refractivity contribution in [2.45, 2.75) is 82.7 Å². The zero-order valence-corrected chi connectivity index (χ0v) is 25.9. The number of aromatic hydroxyl groups is 1. The average Bonchev–Trinajstić information content (AvgIpc) is 2.95. The van der Waals surface area contributed by atoms with Crippen molar-refractivity contribution in [3.63, 3.8) is 0 Å². The fourth-order valence-corrected chi connectivity index (χ4v) is 6.10. The predicted molar refractivity (Wildman–Crippen MR) is 167 cm³/mol. The number of aromatic amines is 1. The van der Waals surface area contributed by atoms with Crippen LogP contribution < -0.4 is 5.56 Å². The van der Waals surface area contributed by atoms with Gasteiger partial charge >= 0.3 is 6.18 Å². The van der Waals surface area contributed by atoms with Crippen LogP contribution in [0.1, 0.15) is 77.2 Å². The number of unbranched alkanes of at least 4 members (excludes halogenated alkanes) is 6. The number of fused-ring (bicyclic) bond motifs is 1. The Morgan fingerprint density at radius 3 is 2.24 bits per heavy atom. The first kappa shape index (κ1) is 34.0. The monoisotopic (exact) mass is 624 g/mol. The lowest BCUT2D eigenvalue weighted by molar-refractivity contribution is -0.137. The molecule has 3 aromatic rings. The highest BCUT2D eigenvalue weighted by Crippen LogP contribution is 2.42. The highest BCUT2D eigenvalue weighted by Gasteiger charge is 2.31. The van der Waals surface area contributed by atoms with Gasteiger partial charge in [0, 0.05) is 40.0 Å². The lowest BCUT2D eigenvalue weighted by atomic mass is 9.98. The molecule has 42 heavy (non-hydrogen) atoms. The number of pyridine rings is 1. The Labute approximate surface area is 254 Å². The normalized spacial score (nSPS) is 12.0. The van der Waals surface area contributed by atoms with Crippen LogP contribution >= 0.6 is 23.4 Å². The summed E-state index contributed by atoms with van der Waals surface area (Å²) < 4.78 is 40.8. The van der Waals surface area contributed by atoms with E-state index in [-0.39, 0.29) is 49.2 Å². The number of hydrogen-bond donors (Lipinski definition) is 2. The number of phenolic OH excluding ortho intramolecular Hbond substituents is 1. The quantitative estimate of drug-likeness (QED) is 0.116. The summed E-state index contributed by atoms with van der Waals surface area (Å²) in [6.07, 6.45) is 4.89. The average molecular weight is 625 g/mol. The number of benzene rings is 2. The number of halogens is 4. The molecule has 0 fully saturated rings. The molecule has 1 heterocycles. The van der Waals surface area contributed by atoms with Crippen LogP contribution in [-0.4, -0.2) is 46.2 Å². The second-order valence-corrected chi connectivity index (χ2v) is 12.0. The summed E-state index contributed by atoms with van der Waals surface area (Å²) in [6.45, 7) is 6.86. The molecule has 0 atom stereocenters. The summed E-state index contributed by atoms with van der Waals surface area (Å²) in [4.78, 5) is 31.3. The molecule has 0 saturated heterocycles. The first-order valence-electron chi connectivity index (χ1n) is 14.7. The minimum Gasteiger partial charge on any atom is -0.507 e. The minimum absolute atomic E-state index is 0.0264. The minimum atomic E-state index is -4.61. The van der Waals surface area contributed by atoms with Gasteiger partial charge in [0.05, 0.1) is 16.2 Å². The van der Waals surface area contributed by atoms with Crippen LogP contribution in [0.2, 0.25) is 5.02 Å². The Bertz CT molecular complexity index is 1380. The summed E-state index contributed by atoms with van der Waals surface area (Å²) in [5, 5.41) is 11.0. The third-order valence-corrected chi connectivity index (χ3v) is 8.65. The first-order valence-corrected chi connectivity index (χ1v) is 16.0. The zero-order valence-electron chi connectivity index (χ0n) is 24.3. The summed E-state index contributed by atoms with van der Waals surface area (Å²) >= 11 is 7.15. The van der Waals surface area contributed by atoms with Crippen molar-refractivity contribution in [1.29, 1.82) is 0 Å². The topological polar surface area (TPSA) is 73.4 Å². The Balaban J connectivity index is 1.85. The molecule has 0 amide bonds. The molecule has 0 bridgehead atoms. The van der Waals surface area contributed by atoms with E-state index in [0.29, 0.717) is 13.0 Å². The van der Waals surface area contributed by atoms with Crippen molar-refractivity contribution in [1.82, 2.24) is 9.88 Å². The molecule has 0 saturated carbocycles. The molecule has 0 radical (unpaired) electrons. The highest BCUT2D eigenvalue weighted by molar-refractivity contribution is 8.00. The molecule has 0 aliphatic rings. The Hall–Kier alpha value is -2.49. The van der Waals surface area contributed by atoms with Gasteiger partial charge in [-0.2, -0.15) is 13.2 Å². The van der Waals surface area contributed by atoms with E-state index in [1.54, 1.807) is 0 Å². The first-order chi connectivity index (χ1) is 20.0. The van der Waals surface area contributed by atoms with Gasteiger partial charge in [0.2, 0.25) is 0 Å². The van der Waals surface area contributed by atoms with Crippen LogP contribution in [0.3, 0.4) is 0 Å². The molecule has 230 valence electrons. The number of rotatable bonds is 17.